The zero-order valence-corrected chi connectivity index (χ0v) is 13.5. The minimum absolute atomic E-state index is 0.00175. The van der Waals surface area contributed by atoms with E-state index in [4.69, 9.17) is 9.47 Å². The molecule has 0 saturated carbocycles. The molecule has 23 heavy (non-hydrogen) atoms. The highest BCUT2D eigenvalue weighted by molar-refractivity contribution is 5.15. The van der Waals surface area contributed by atoms with E-state index in [0.29, 0.717) is 13.2 Å². The molecule has 0 bridgehead atoms. The molecule has 3 atom stereocenters. The Hall–Kier alpha value is -2.21. The van der Waals surface area contributed by atoms with Gasteiger partial charge >= 0.3 is 0 Å². The van der Waals surface area contributed by atoms with E-state index in [0.717, 1.165) is 12.0 Å². The first-order valence-corrected chi connectivity index (χ1v) is 7.98. The van der Waals surface area contributed by atoms with Gasteiger partial charge < -0.3 is 9.47 Å². The molecule has 0 aliphatic carbocycles. The van der Waals surface area contributed by atoms with E-state index < -0.39 is 0 Å². The molecule has 1 aromatic heterocycles. The summed E-state index contributed by atoms with van der Waals surface area (Å²) in [5.74, 6) is 0.278. The standard InChI is InChI=1S/C17H22N4O2/c1-3-16-13(2)17(23-10-14-7-5-4-6-8-14)15(11-22-16)9-21-12-18-19-20-21/h4-8,11-13,16-17H,3,9-10H2,1-2H3/t13-,16+,17-/m0/s1. The second-order valence-corrected chi connectivity index (χ2v) is 5.86. The van der Waals surface area contributed by atoms with Crippen molar-refractivity contribution in [3.05, 3.63) is 54.1 Å². The summed E-state index contributed by atoms with van der Waals surface area (Å²) in [5, 5.41) is 11.3. The lowest BCUT2D eigenvalue weighted by Gasteiger charge is -2.35. The summed E-state index contributed by atoms with van der Waals surface area (Å²) >= 11 is 0. The number of aromatic nitrogens is 4. The van der Waals surface area contributed by atoms with Crippen LogP contribution in [0.3, 0.4) is 0 Å². The van der Waals surface area contributed by atoms with Crippen LogP contribution in [-0.2, 0) is 22.6 Å². The zero-order chi connectivity index (χ0) is 16.1. The second kappa shape index (κ2) is 7.37. The smallest absolute Gasteiger partial charge is 0.138 e. The molecular weight excluding hydrogens is 292 g/mol. The Labute approximate surface area is 136 Å². The topological polar surface area (TPSA) is 62.1 Å². The van der Waals surface area contributed by atoms with Crippen molar-refractivity contribution in [2.75, 3.05) is 0 Å². The summed E-state index contributed by atoms with van der Waals surface area (Å²) in [5.41, 5.74) is 2.23. The lowest BCUT2D eigenvalue weighted by molar-refractivity contribution is -0.0472. The normalized spacial score (nSPS) is 24.1. The zero-order valence-electron chi connectivity index (χ0n) is 13.5. The SMILES string of the molecule is CC[C@H]1OC=C(Cn2cnnn2)[C@@H](OCc2ccccc2)[C@H]1C. The molecule has 6 nitrogen and oxygen atoms in total. The van der Waals surface area contributed by atoms with Crippen molar-refractivity contribution in [3.63, 3.8) is 0 Å². The first kappa shape index (κ1) is 15.7. The molecule has 0 spiro atoms. The van der Waals surface area contributed by atoms with Gasteiger partial charge in [-0.15, -0.1) is 5.10 Å². The molecule has 1 aliphatic rings. The van der Waals surface area contributed by atoms with Gasteiger partial charge in [0.05, 0.1) is 25.5 Å². The van der Waals surface area contributed by atoms with Crippen LogP contribution in [0.1, 0.15) is 25.8 Å². The molecule has 0 saturated heterocycles. The van der Waals surface area contributed by atoms with Crippen molar-refractivity contribution in [2.24, 2.45) is 5.92 Å². The molecule has 0 fully saturated rings. The predicted molar refractivity (Wildman–Crippen MR) is 85.2 cm³/mol. The van der Waals surface area contributed by atoms with E-state index in [1.165, 1.54) is 5.56 Å². The lowest BCUT2D eigenvalue weighted by atomic mass is 9.89. The molecule has 1 aromatic carbocycles. The summed E-state index contributed by atoms with van der Waals surface area (Å²) < 4.78 is 13.8. The third-order valence-corrected chi connectivity index (χ3v) is 4.23. The van der Waals surface area contributed by atoms with Crippen molar-refractivity contribution >= 4 is 0 Å². The Morgan fingerprint density at radius 2 is 2.09 bits per heavy atom. The van der Waals surface area contributed by atoms with Crippen molar-refractivity contribution in [2.45, 2.75) is 45.6 Å². The molecule has 1 aliphatic heterocycles. The molecule has 3 rings (SSSR count). The number of benzene rings is 1. The molecule has 0 amide bonds. The fourth-order valence-corrected chi connectivity index (χ4v) is 2.95. The van der Waals surface area contributed by atoms with Crippen molar-refractivity contribution < 1.29 is 9.47 Å². The number of hydrogen-bond acceptors (Lipinski definition) is 5. The van der Waals surface area contributed by atoms with E-state index in [-0.39, 0.29) is 18.1 Å². The van der Waals surface area contributed by atoms with Crippen LogP contribution in [0, 0.1) is 5.92 Å². The summed E-state index contributed by atoms with van der Waals surface area (Å²) in [6, 6.07) is 10.2. The maximum absolute atomic E-state index is 6.24. The van der Waals surface area contributed by atoms with Gasteiger partial charge in [-0.1, -0.05) is 44.2 Å². The van der Waals surface area contributed by atoms with Gasteiger partial charge in [-0.05, 0) is 22.4 Å². The van der Waals surface area contributed by atoms with Gasteiger partial charge in [0, 0.05) is 11.5 Å². The molecule has 0 unspecified atom stereocenters. The first-order valence-electron chi connectivity index (χ1n) is 7.98. The van der Waals surface area contributed by atoms with Crippen LogP contribution in [0.4, 0.5) is 0 Å². The van der Waals surface area contributed by atoms with Gasteiger partial charge in [-0.3, -0.25) is 0 Å². The molecule has 2 aromatic rings. The predicted octanol–water partition coefficient (Wildman–Crippen LogP) is 2.59. The average molecular weight is 314 g/mol. The van der Waals surface area contributed by atoms with Gasteiger partial charge in [0.2, 0.25) is 0 Å². The number of hydrogen-bond donors (Lipinski definition) is 0. The van der Waals surface area contributed by atoms with Crippen LogP contribution in [0.2, 0.25) is 0 Å². The highest BCUT2D eigenvalue weighted by Gasteiger charge is 2.33. The fraction of sp³-hybridized carbons (Fsp3) is 0.471. The Kier molecular flexibility index (Phi) is 5.02. The Balaban J connectivity index is 1.73. The van der Waals surface area contributed by atoms with Gasteiger partial charge in [-0.25, -0.2) is 4.68 Å². The Bertz CT molecular complexity index is 627. The van der Waals surface area contributed by atoms with Gasteiger partial charge in [0.25, 0.3) is 0 Å². The van der Waals surface area contributed by atoms with E-state index in [1.54, 1.807) is 11.0 Å². The van der Waals surface area contributed by atoms with Crippen molar-refractivity contribution in [1.29, 1.82) is 0 Å². The third kappa shape index (κ3) is 3.76. The van der Waals surface area contributed by atoms with Gasteiger partial charge in [-0.2, -0.15) is 0 Å². The highest BCUT2D eigenvalue weighted by atomic mass is 16.5. The van der Waals surface area contributed by atoms with E-state index >= 15 is 0 Å². The summed E-state index contributed by atoms with van der Waals surface area (Å²) in [7, 11) is 0. The summed E-state index contributed by atoms with van der Waals surface area (Å²) in [4.78, 5) is 0. The summed E-state index contributed by atoms with van der Waals surface area (Å²) in [6.45, 7) is 5.47. The number of rotatable bonds is 6. The Morgan fingerprint density at radius 1 is 1.26 bits per heavy atom. The van der Waals surface area contributed by atoms with Crippen LogP contribution < -0.4 is 0 Å². The maximum Gasteiger partial charge on any atom is 0.138 e. The molecule has 0 radical (unpaired) electrons. The quantitative estimate of drug-likeness (QED) is 0.820. The van der Waals surface area contributed by atoms with Crippen molar-refractivity contribution in [1.82, 2.24) is 20.2 Å². The minimum atomic E-state index is -0.00175. The average Bonchev–Trinajstić information content (AvgIpc) is 3.09. The van der Waals surface area contributed by atoms with E-state index in [1.807, 2.05) is 24.5 Å². The highest BCUT2D eigenvalue weighted by Crippen LogP contribution is 2.30. The minimum Gasteiger partial charge on any atom is -0.498 e. The Morgan fingerprint density at radius 3 is 2.78 bits per heavy atom. The van der Waals surface area contributed by atoms with Gasteiger partial charge in [0.1, 0.15) is 12.4 Å². The van der Waals surface area contributed by atoms with E-state index in [9.17, 15) is 0 Å². The van der Waals surface area contributed by atoms with Crippen LogP contribution in [0.15, 0.2) is 48.5 Å². The largest absolute Gasteiger partial charge is 0.498 e. The molecular formula is C17H22N4O2. The molecule has 2 heterocycles. The first-order chi connectivity index (χ1) is 11.3. The number of nitrogens with zero attached hydrogens (tertiary/aromatic N) is 4. The summed E-state index contributed by atoms with van der Waals surface area (Å²) in [6.07, 6.45) is 4.56. The van der Waals surface area contributed by atoms with Crippen LogP contribution in [-0.4, -0.2) is 32.4 Å². The van der Waals surface area contributed by atoms with Crippen LogP contribution in [0.25, 0.3) is 0 Å². The number of ether oxygens (including phenoxy) is 2. The molecule has 6 heteroatoms. The van der Waals surface area contributed by atoms with Crippen LogP contribution >= 0.6 is 0 Å². The van der Waals surface area contributed by atoms with Crippen LogP contribution in [0.5, 0.6) is 0 Å². The van der Waals surface area contributed by atoms with Gasteiger partial charge in [0.15, 0.2) is 0 Å². The monoisotopic (exact) mass is 314 g/mol. The van der Waals surface area contributed by atoms with E-state index in [2.05, 4.69) is 41.5 Å². The fourth-order valence-electron chi connectivity index (χ4n) is 2.95. The molecule has 0 N–H and O–H groups in total. The molecule has 122 valence electrons. The maximum atomic E-state index is 6.24. The second-order valence-electron chi connectivity index (χ2n) is 5.86. The van der Waals surface area contributed by atoms with Crippen molar-refractivity contribution in [3.8, 4) is 0 Å². The number of tetrazole rings is 1. The lowest BCUT2D eigenvalue weighted by Crippen LogP contribution is -2.38. The third-order valence-electron chi connectivity index (χ3n) is 4.23.